The number of hydrogen-bond acceptors (Lipinski definition) is 3. The molecule has 1 aromatic carbocycles. The van der Waals surface area contributed by atoms with Crippen LogP contribution in [0.25, 0.3) is 0 Å². The number of nitrogens with two attached hydrogens (primary N) is 1. The Morgan fingerprint density at radius 2 is 2.06 bits per heavy atom. The Morgan fingerprint density at radius 3 is 2.59 bits per heavy atom. The van der Waals surface area contributed by atoms with Crippen molar-refractivity contribution in [3.63, 3.8) is 0 Å². The first kappa shape index (κ1) is 12.4. The van der Waals surface area contributed by atoms with Gasteiger partial charge in [0.25, 0.3) is 0 Å². The molecule has 0 aromatic heterocycles. The third-order valence-corrected chi connectivity index (χ3v) is 3.66. The van der Waals surface area contributed by atoms with Crippen LogP contribution in [0.15, 0.2) is 18.2 Å². The summed E-state index contributed by atoms with van der Waals surface area (Å²) in [7, 11) is 0. The van der Waals surface area contributed by atoms with E-state index in [0.717, 1.165) is 18.6 Å². The summed E-state index contributed by atoms with van der Waals surface area (Å²) >= 11 is 0. The molecule has 1 aliphatic carbocycles. The van der Waals surface area contributed by atoms with Gasteiger partial charge in [-0.3, -0.25) is 0 Å². The van der Waals surface area contributed by atoms with Crippen molar-refractivity contribution in [2.24, 2.45) is 11.7 Å². The molecule has 1 aliphatic rings. The summed E-state index contributed by atoms with van der Waals surface area (Å²) < 4.78 is 5.67. The first-order chi connectivity index (χ1) is 8.05. The SMILES string of the molecule is Cc1ccc(OCC(O)(CN)C2CC2)cc1C. The number of aryl methyl sites for hydroxylation is 2. The minimum atomic E-state index is -0.848. The van der Waals surface area contributed by atoms with Crippen LogP contribution < -0.4 is 10.5 Å². The molecular formula is C14H21NO2. The van der Waals surface area contributed by atoms with E-state index in [1.165, 1.54) is 11.1 Å². The van der Waals surface area contributed by atoms with Gasteiger partial charge < -0.3 is 15.6 Å². The fraction of sp³-hybridized carbons (Fsp3) is 0.571. The maximum absolute atomic E-state index is 10.3. The van der Waals surface area contributed by atoms with Gasteiger partial charge in [0.2, 0.25) is 0 Å². The third-order valence-electron chi connectivity index (χ3n) is 3.66. The highest BCUT2D eigenvalue weighted by Gasteiger charge is 2.43. The largest absolute Gasteiger partial charge is 0.491 e. The average molecular weight is 235 g/mol. The number of benzene rings is 1. The second kappa shape index (κ2) is 4.67. The number of aliphatic hydroxyl groups is 1. The number of rotatable bonds is 5. The van der Waals surface area contributed by atoms with Crippen molar-refractivity contribution >= 4 is 0 Å². The van der Waals surface area contributed by atoms with Crippen LogP contribution >= 0.6 is 0 Å². The van der Waals surface area contributed by atoms with Gasteiger partial charge in [0.15, 0.2) is 0 Å². The predicted octanol–water partition coefficient (Wildman–Crippen LogP) is 1.78. The van der Waals surface area contributed by atoms with Gasteiger partial charge in [-0.05, 0) is 55.9 Å². The van der Waals surface area contributed by atoms with Gasteiger partial charge in [-0.2, -0.15) is 0 Å². The Balaban J connectivity index is 1.98. The second-order valence-electron chi connectivity index (χ2n) is 5.12. The molecule has 1 atom stereocenters. The predicted molar refractivity (Wildman–Crippen MR) is 68.1 cm³/mol. The van der Waals surface area contributed by atoms with E-state index in [9.17, 15) is 5.11 Å². The van der Waals surface area contributed by atoms with Gasteiger partial charge in [0, 0.05) is 6.54 Å². The van der Waals surface area contributed by atoms with Gasteiger partial charge in [-0.15, -0.1) is 0 Å². The second-order valence-corrected chi connectivity index (χ2v) is 5.12. The molecule has 1 unspecified atom stereocenters. The molecule has 0 bridgehead atoms. The standard InChI is InChI=1S/C14H21NO2/c1-10-3-6-13(7-11(10)2)17-9-14(16,8-15)12-4-5-12/h3,6-7,12,16H,4-5,8-9,15H2,1-2H3. The van der Waals surface area contributed by atoms with Gasteiger partial charge in [0.05, 0.1) is 0 Å². The normalized spacial score (nSPS) is 18.8. The molecule has 0 radical (unpaired) electrons. The van der Waals surface area contributed by atoms with E-state index in [0.29, 0.717) is 5.92 Å². The zero-order chi connectivity index (χ0) is 12.5. The van der Waals surface area contributed by atoms with E-state index >= 15 is 0 Å². The molecule has 1 fully saturated rings. The molecule has 3 nitrogen and oxygen atoms in total. The van der Waals surface area contributed by atoms with Crippen molar-refractivity contribution in [3.8, 4) is 5.75 Å². The van der Waals surface area contributed by atoms with Crippen molar-refractivity contribution in [1.82, 2.24) is 0 Å². The Morgan fingerprint density at radius 1 is 1.35 bits per heavy atom. The molecule has 0 amide bonds. The van der Waals surface area contributed by atoms with E-state index < -0.39 is 5.60 Å². The molecule has 94 valence electrons. The van der Waals surface area contributed by atoms with E-state index in [4.69, 9.17) is 10.5 Å². The van der Waals surface area contributed by atoms with E-state index in [-0.39, 0.29) is 13.2 Å². The first-order valence-corrected chi connectivity index (χ1v) is 6.17. The summed E-state index contributed by atoms with van der Waals surface area (Å²) in [5, 5.41) is 10.3. The lowest BCUT2D eigenvalue weighted by atomic mass is 9.99. The van der Waals surface area contributed by atoms with Crippen molar-refractivity contribution in [1.29, 1.82) is 0 Å². The van der Waals surface area contributed by atoms with Gasteiger partial charge in [-0.25, -0.2) is 0 Å². The van der Waals surface area contributed by atoms with Gasteiger partial charge in [-0.1, -0.05) is 6.07 Å². The average Bonchev–Trinajstić information content (AvgIpc) is 3.14. The van der Waals surface area contributed by atoms with E-state index in [2.05, 4.69) is 13.8 Å². The van der Waals surface area contributed by atoms with E-state index in [1.807, 2.05) is 18.2 Å². The maximum atomic E-state index is 10.3. The van der Waals surface area contributed by atoms with Crippen LogP contribution in [0.4, 0.5) is 0 Å². The Labute approximate surface area is 103 Å². The maximum Gasteiger partial charge on any atom is 0.119 e. The van der Waals surface area contributed by atoms with Crippen LogP contribution in [-0.4, -0.2) is 23.9 Å². The third kappa shape index (κ3) is 2.79. The molecule has 17 heavy (non-hydrogen) atoms. The summed E-state index contributed by atoms with van der Waals surface area (Å²) in [5.74, 6) is 1.12. The van der Waals surface area contributed by atoms with Crippen molar-refractivity contribution < 1.29 is 9.84 Å². The number of ether oxygens (including phenoxy) is 1. The minimum Gasteiger partial charge on any atom is -0.491 e. The fourth-order valence-electron chi connectivity index (χ4n) is 1.98. The monoisotopic (exact) mass is 235 g/mol. The molecule has 0 saturated heterocycles. The van der Waals surface area contributed by atoms with E-state index in [1.54, 1.807) is 0 Å². The van der Waals surface area contributed by atoms with Crippen LogP contribution in [0.1, 0.15) is 24.0 Å². The van der Waals surface area contributed by atoms with Crippen LogP contribution in [-0.2, 0) is 0 Å². The lowest BCUT2D eigenvalue weighted by Crippen LogP contribution is -2.45. The summed E-state index contributed by atoms with van der Waals surface area (Å²) in [6.07, 6.45) is 2.12. The Kier molecular flexibility index (Phi) is 3.40. The Bertz CT molecular complexity index is 401. The molecule has 3 N–H and O–H groups in total. The minimum absolute atomic E-state index is 0.266. The molecule has 0 aliphatic heterocycles. The summed E-state index contributed by atoms with van der Waals surface area (Å²) in [4.78, 5) is 0. The van der Waals surface area contributed by atoms with Crippen LogP contribution in [0.2, 0.25) is 0 Å². The quantitative estimate of drug-likeness (QED) is 0.818. The molecule has 3 heteroatoms. The Hall–Kier alpha value is -1.06. The lowest BCUT2D eigenvalue weighted by molar-refractivity contribution is -0.0162. The lowest BCUT2D eigenvalue weighted by Gasteiger charge is -2.26. The topological polar surface area (TPSA) is 55.5 Å². The van der Waals surface area contributed by atoms with Crippen LogP contribution in [0, 0.1) is 19.8 Å². The van der Waals surface area contributed by atoms with Crippen molar-refractivity contribution in [2.75, 3.05) is 13.2 Å². The molecule has 0 spiro atoms. The van der Waals surface area contributed by atoms with Crippen LogP contribution in [0.5, 0.6) is 5.75 Å². The molecule has 1 saturated carbocycles. The highest BCUT2D eigenvalue weighted by atomic mass is 16.5. The van der Waals surface area contributed by atoms with Crippen molar-refractivity contribution in [3.05, 3.63) is 29.3 Å². The first-order valence-electron chi connectivity index (χ1n) is 6.17. The summed E-state index contributed by atoms with van der Waals surface area (Å²) in [6, 6.07) is 5.97. The summed E-state index contributed by atoms with van der Waals surface area (Å²) in [6.45, 7) is 4.68. The molecule has 0 heterocycles. The number of hydrogen-bond donors (Lipinski definition) is 2. The highest BCUT2D eigenvalue weighted by Crippen LogP contribution is 2.39. The van der Waals surface area contributed by atoms with Gasteiger partial charge >= 0.3 is 0 Å². The molecule has 1 aromatic rings. The zero-order valence-corrected chi connectivity index (χ0v) is 10.6. The zero-order valence-electron chi connectivity index (χ0n) is 10.6. The van der Waals surface area contributed by atoms with Crippen LogP contribution in [0.3, 0.4) is 0 Å². The molecular weight excluding hydrogens is 214 g/mol. The highest BCUT2D eigenvalue weighted by molar-refractivity contribution is 5.33. The smallest absolute Gasteiger partial charge is 0.119 e. The van der Waals surface area contributed by atoms with Gasteiger partial charge in [0.1, 0.15) is 18.0 Å². The fourth-order valence-corrected chi connectivity index (χ4v) is 1.98. The summed E-state index contributed by atoms with van der Waals surface area (Å²) in [5.41, 5.74) is 7.23. The van der Waals surface area contributed by atoms with Crippen molar-refractivity contribution in [2.45, 2.75) is 32.3 Å². The molecule has 2 rings (SSSR count).